The molecule has 4 rings (SSSR count). The van der Waals surface area contributed by atoms with Gasteiger partial charge in [0.05, 0.1) is 0 Å². The number of ketones is 1. The second-order valence-electron chi connectivity index (χ2n) is 13.3. The Morgan fingerprint density at radius 1 is 1.00 bits per heavy atom. The lowest BCUT2D eigenvalue weighted by atomic mass is 9.43. The Morgan fingerprint density at radius 3 is 2.38 bits per heavy atom. The maximum atomic E-state index is 12.8. The van der Waals surface area contributed by atoms with Crippen molar-refractivity contribution in [1.29, 1.82) is 0 Å². The van der Waals surface area contributed by atoms with E-state index in [2.05, 4.69) is 54.5 Å². The van der Waals surface area contributed by atoms with E-state index in [-0.39, 0.29) is 21.7 Å². The smallest absolute Gasteiger partial charge is 0.138 e. The highest BCUT2D eigenvalue weighted by molar-refractivity contribution is 5.85. The van der Waals surface area contributed by atoms with Crippen LogP contribution in [-0.2, 0) is 4.79 Å². The van der Waals surface area contributed by atoms with E-state index >= 15 is 0 Å². The van der Waals surface area contributed by atoms with Gasteiger partial charge < -0.3 is 5.11 Å². The van der Waals surface area contributed by atoms with Crippen LogP contribution < -0.4 is 0 Å². The summed E-state index contributed by atoms with van der Waals surface area (Å²) in [5.41, 5.74) is 5.47. The Balaban J connectivity index is 1.67. The van der Waals surface area contributed by atoms with E-state index in [0.29, 0.717) is 30.1 Å². The lowest BCUT2D eigenvalue weighted by Crippen LogP contribution is -2.54. The number of hydrogen-bond donors (Lipinski definition) is 1. The van der Waals surface area contributed by atoms with Crippen LogP contribution in [0.5, 0.6) is 0 Å². The summed E-state index contributed by atoms with van der Waals surface area (Å²) in [6.07, 6.45) is 13.7. The molecule has 0 heterocycles. The highest BCUT2D eigenvalue weighted by Gasteiger charge is 2.63. The highest BCUT2D eigenvalue weighted by atomic mass is 16.3. The third-order valence-corrected chi connectivity index (χ3v) is 11.5. The SMILES string of the molecule is CC(C)=CCC[C@@H](CO)[C@H]1CC[C@@]2(C)C3=C(CC[C@]12C)[C@@]1(C)CCC(=O)C(C)(C)[C@@H]1CC3. The molecular formula is C30H48O2. The Morgan fingerprint density at radius 2 is 1.72 bits per heavy atom. The van der Waals surface area contributed by atoms with E-state index in [0.717, 1.165) is 25.7 Å². The maximum Gasteiger partial charge on any atom is 0.138 e. The van der Waals surface area contributed by atoms with Gasteiger partial charge in [0.25, 0.3) is 0 Å². The fourth-order valence-corrected chi connectivity index (χ4v) is 9.29. The molecule has 0 bridgehead atoms. The van der Waals surface area contributed by atoms with E-state index in [1.807, 2.05) is 0 Å². The fraction of sp³-hybridized carbons (Fsp3) is 0.833. The van der Waals surface area contributed by atoms with Gasteiger partial charge in [0.15, 0.2) is 0 Å². The third kappa shape index (κ3) is 3.33. The molecule has 32 heavy (non-hydrogen) atoms. The van der Waals surface area contributed by atoms with Crippen molar-refractivity contribution < 1.29 is 9.90 Å². The van der Waals surface area contributed by atoms with Crippen LogP contribution in [0.4, 0.5) is 0 Å². The molecule has 0 amide bonds. The molecule has 4 aliphatic carbocycles. The Kier molecular flexibility index (Phi) is 6.14. The first-order valence-electron chi connectivity index (χ1n) is 13.4. The lowest BCUT2D eigenvalue weighted by molar-refractivity contribution is -0.139. The average Bonchev–Trinajstić information content (AvgIpc) is 3.00. The average molecular weight is 441 g/mol. The summed E-state index contributed by atoms with van der Waals surface area (Å²) < 4.78 is 0. The normalized spacial score (nSPS) is 41.6. The van der Waals surface area contributed by atoms with Gasteiger partial charge in [-0.1, -0.05) is 57.4 Å². The van der Waals surface area contributed by atoms with Gasteiger partial charge in [-0.05, 0) is 106 Å². The number of aliphatic hydroxyl groups is 1. The van der Waals surface area contributed by atoms with Gasteiger partial charge in [0, 0.05) is 18.4 Å². The Labute approximate surface area is 197 Å². The van der Waals surface area contributed by atoms with E-state index in [1.165, 1.54) is 44.1 Å². The number of hydrogen-bond acceptors (Lipinski definition) is 2. The summed E-state index contributed by atoms with van der Waals surface area (Å²) in [4.78, 5) is 12.8. The van der Waals surface area contributed by atoms with Crippen molar-refractivity contribution in [3.8, 4) is 0 Å². The number of carbonyl (C=O) groups excluding carboxylic acids is 1. The molecule has 0 saturated heterocycles. The molecule has 0 aromatic rings. The standard InChI is InChI=1S/C30H48O2/c1-20(2)9-8-10-21(19-31)22-13-17-30(7)24-11-12-25-27(3,4)26(32)15-16-28(25,5)23(24)14-18-29(22,30)6/h9,21-22,25,31H,8,10-19H2,1-7H3/t21-,22+,25-,28+,29+,30-/m0/s1. The van der Waals surface area contributed by atoms with Crippen molar-refractivity contribution in [3.63, 3.8) is 0 Å². The number of rotatable bonds is 5. The predicted molar refractivity (Wildman–Crippen MR) is 133 cm³/mol. The molecule has 0 spiro atoms. The topological polar surface area (TPSA) is 37.3 Å². The zero-order valence-corrected chi connectivity index (χ0v) is 21.9. The molecule has 2 heteroatoms. The first-order chi connectivity index (χ1) is 14.9. The summed E-state index contributed by atoms with van der Waals surface area (Å²) >= 11 is 0. The van der Waals surface area contributed by atoms with Crippen molar-refractivity contribution in [3.05, 3.63) is 22.8 Å². The molecule has 0 aromatic carbocycles. The van der Waals surface area contributed by atoms with Gasteiger partial charge in [-0.25, -0.2) is 0 Å². The molecule has 1 N–H and O–H groups in total. The van der Waals surface area contributed by atoms with Gasteiger partial charge >= 0.3 is 0 Å². The van der Waals surface area contributed by atoms with E-state index in [1.54, 1.807) is 11.1 Å². The van der Waals surface area contributed by atoms with Crippen molar-refractivity contribution in [2.45, 2.75) is 113 Å². The third-order valence-electron chi connectivity index (χ3n) is 11.5. The molecule has 2 fully saturated rings. The van der Waals surface area contributed by atoms with Gasteiger partial charge in [0.2, 0.25) is 0 Å². The fourth-order valence-electron chi connectivity index (χ4n) is 9.29. The lowest BCUT2D eigenvalue weighted by Gasteiger charge is -2.61. The molecule has 0 aromatic heterocycles. The molecule has 0 radical (unpaired) electrons. The van der Waals surface area contributed by atoms with E-state index < -0.39 is 0 Å². The van der Waals surface area contributed by atoms with Crippen molar-refractivity contribution >= 4 is 5.78 Å². The number of carbonyl (C=O) groups is 1. The molecule has 180 valence electrons. The first kappa shape index (κ1) is 24.2. The number of allylic oxidation sites excluding steroid dienone is 4. The zero-order valence-electron chi connectivity index (χ0n) is 21.9. The predicted octanol–water partition coefficient (Wildman–Crippen LogP) is 7.66. The maximum absolute atomic E-state index is 12.8. The minimum absolute atomic E-state index is 0.182. The molecule has 4 aliphatic rings. The second kappa shape index (κ2) is 8.10. The monoisotopic (exact) mass is 440 g/mol. The van der Waals surface area contributed by atoms with Gasteiger partial charge in [0.1, 0.15) is 5.78 Å². The molecule has 2 saturated carbocycles. The second-order valence-corrected chi connectivity index (χ2v) is 13.3. The highest BCUT2D eigenvalue weighted by Crippen LogP contribution is 2.72. The number of Topliss-reactive ketones (excluding diaryl/α,β-unsaturated/α-hetero) is 1. The molecule has 2 nitrogen and oxygen atoms in total. The summed E-state index contributed by atoms with van der Waals surface area (Å²) in [7, 11) is 0. The van der Waals surface area contributed by atoms with Crippen molar-refractivity contribution in [2.75, 3.05) is 6.61 Å². The molecule has 0 aliphatic heterocycles. The molecular weight excluding hydrogens is 392 g/mol. The quantitative estimate of drug-likeness (QED) is 0.445. The minimum Gasteiger partial charge on any atom is -0.396 e. The molecule has 6 atom stereocenters. The molecule has 0 unspecified atom stereocenters. The van der Waals surface area contributed by atoms with Crippen LogP contribution >= 0.6 is 0 Å². The summed E-state index contributed by atoms with van der Waals surface area (Å²) in [6.45, 7) is 16.8. The van der Waals surface area contributed by atoms with Crippen LogP contribution in [0.1, 0.15) is 113 Å². The Hall–Kier alpha value is -0.890. The van der Waals surface area contributed by atoms with Gasteiger partial charge in [-0.15, -0.1) is 0 Å². The Bertz CT molecular complexity index is 828. The minimum atomic E-state index is -0.182. The first-order valence-corrected chi connectivity index (χ1v) is 13.4. The van der Waals surface area contributed by atoms with Crippen molar-refractivity contribution in [1.82, 2.24) is 0 Å². The van der Waals surface area contributed by atoms with Crippen LogP contribution in [0, 0.1) is 39.4 Å². The van der Waals surface area contributed by atoms with Crippen LogP contribution in [0.2, 0.25) is 0 Å². The largest absolute Gasteiger partial charge is 0.396 e. The number of fused-ring (bicyclic) bond motifs is 4. The van der Waals surface area contributed by atoms with Gasteiger partial charge in [-0.2, -0.15) is 0 Å². The zero-order chi connectivity index (χ0) is 23.5. The van der Waals surface area contributed by atoms with Crippen LogP contribution in [0.25, 0.3) is 0 Å². The van der Waals surface area contributed by atoms with Crippen LogP contribution in [0.15, 0.2) is 22.8 Å². The van der Waals surface area contributed by atoms with Crippen LogP contribution in [0.3, 0.4) is 0 Å². The van der Waals surface area contributed by atoms with Gasteiger partial charge in [-0.3, -0.25) is 4.79 Å². The van der Waals surface area contributed by atoms with Crippen LogP contribution in [-0.4, -0.2) is 17.5 Å². The summed E-state index contributed by atoms with van der Waals surface area (Å²) in [6, 6.07) is 0. The summed E-state index contributed by atoms with van der Waals surface area (Å²) in [5.74, 6) is 2.01. The van der Waals surface area contributed by atoms with E-state index in [9.17, 15) is 9.90 Å². The number of aliphatic hydroxyl groups excluding tert-OH is 1. The van der Waals surface area contributed by atoms with Crippen molar-refractivity contribution in [2.24, 2.45) is 39.4 Å². The van der Waals surface area contributed by atoms with E-state index in [4.69, 9.17) is 0 Å². The summed E-state index contributed by atoms with van der Waals surface area (Å²) in [5, 5.41) is 10.4.